The summed E-state index contributed by atoms with van der Waals surface area (Å²) in [4.78, 5) is 24.3. The van der Waals surface area contributed by atoms with Gasteiger partial charge in [-0.25, -0.2) is 0 Å². The van der Waals surface area contributed by atoms with Crippen molar-refractivity contribution in [1.82, 2.24) is 21.0 Å². The standard InChI is InChI=1S/C18H14N4O4/c23-17(12-6-7-15-16(8-12)26-10-25-15)21-22-18(24)14-9-13(19-20-14)11-4-2-1-3-5-11/h1-9H,10H2,(H,19,20)(H,21,23)(H,22,24). The van der Waals surface area contributed by atoms with E-state index < -0.39 is 11.8 Å². The fourth-order valence-corrected chi connectivity index (χ4v) is 2.49. The van der Waals surface area contributed by atoms with Gasteiger partial charge in [0.1, 0.15) is 5.69 Å². The Morgan fingerprint density at radius 3 is 2.54 bits per heavy atom. The Morgan fingerprint density at radius 1 is 0.923 bits per heavy atom. The number of H-pyrrole nitrogens is 1. The third-order valence-corrected chi connectivity index (χ3v) is 3.82. The van der Waals surface area contributed by atoms with Gasteiger partial charge in [0.15, 0.2) is 11.5 Å². The zero-order chi connectivity index (χ0) is 17.9. The molecular formula is C18H14N4O4. The fraction of sp³-hybridized carbons (Fsp3) is 0.0556. The molecule has 0 saturated heterocycles. The second-order valence-electron chi connectivity index (χ2n) is 5.51. The van der Waals surface area contributed by atoms with E-state index in [9.17, 15) is 9.59 Å². The van der Waals surface area contributed by atoms with Gasteiger partial charge in [0.2, 0.25) is 6.79 Å². The average molecular weight is 350 g/mol. The minimum absolute atomic E-state index is 0.126. The molecule has 0 fully saturated rings. The van der Waals surface area contributed by atoms with E-state index in [2.05, 4.69) is 21.0 Å². The van der Waals surface area contributed by atoms with Crippen LogP contribution in [0.15, 0.2) is 54.6 Å². The number of nitrogens with zero attached hydrogens (tertiary/aromatic N) is 1. The number of carbonyl (C=O) groups is 2. The summed E-state index contributed by atoms with van der Waals surface area (Å²) in [5.74, 6) is 0.0924. The topological polar surface area (TPSA) is 105 Å². The number of aromatic nitrogens is 2. The van der Waals surface area contributed by atoms with Gasteiger partial charge in [-0.1, -0.05) is 30.3 Å². The van der Waals surface area contributed by atoms with Crippen LogP contribution >= 0.6 is 0 Å². The highest BCUT2D eigenvalue weighted by molar-refractivity contribution is 5.99. The van der Waals surface area contributed by atoms with Crippen molar-refractivity contribution < 1.29 is 19.1 Å². The van der Waals surface area contributed by atoms with Crippen molar-refractivity contribution in [3.8, 4) is 22.8 Å². The lowest BCUT2D eigenvalue weighted by atomic mass is 10.1. The van der Waals surface area contributed by atoms with Crippen LogP contribution in [0.5, 0.6) is 11.5 Å². The van der Waals surface area contributed by atoms with Gasteiger partial charge in [0.05, 0.1) is 5.69 Å². The highest BCUT2D eigenvalue weighted by Crippen LogP contribution is 2.32. The number of ether oxygens (including phenoxy) is 2. The van der Waals surface area contributed by atoms with Gasteiger partial charge < -0.3 is 9.47 Å². The van der Waals surface area contributed by atoms with Crippen molar-refractivity contribution in [2.45, 2.75) is 0 Å². The Bertz CT molecular complexity index is 968. The predicted molar refractivity (Wildman–Crippen MR) is 91.5 cm³/mol. The highest BCUT2D eigenvalue weighted by Gasteiger charge is 2.17. The number of aromatic amines is 1. The fourth-order valence-electron chi connectivity index (χ4n) is 2.49. The van der Waals surface area contributed by atoms with Gasteiger partial charge in [-0.3, -0.25) is 25.5 Å². The predicted octanol–water partition coefficient (Wildman–Crippen LogP) is 1.88. The molecule has 0 atom stereocenters. The van der Waals surface area contributed by atoms with Crippen LogP contribution in [0, 0.1) is 0 Å². The first kappa shape index (κ1) is 15.7. The molecule has 130 valence electrons. The Labute approximate surface area is 148 Å². The third-order valence-electron chi connectivity index (χ3n) is 3.82. The summed E-state index contributed by atoms with van der Waals surface area (Å²) in [5.41, 5.74) is 6.79. The minimum Gasteiger partial charge on any atom is -0.454 e. The molecule has 8 nitrogen and oxygen atoms in total. The van der Waals surface area contributed by atoms with Gasteiger partial charge >= 0.3 is 0 Å². The molecule has 0 spiro atoms. The molecule has 1 aliphatic rings. The molecule has 0 bridgehead atoms. The molecule has 3 aromatic rings. The first-order chi connectivity index (χ1) is 12.7. The van der Waals surface area contributed by atoms with E-state index in [-0.39, 0.29) is 12.5 Å². The SMILES string of the molecule is O=C(NNC(=O)c1cc(-c2ccccc2)n[nH]1)c1ccc2c(c1)OCO2. The van der Waals surface area contributed by atoms with E-state index in [0.29, 0.717) is 22.8 Å². The highest BCUT2D eigenvalue weighted by atomic mass is 16.7. The maximum absolute atomic E-state index is 12.2. The maximum Gasteiger partial charge on any atom is 0.287 e. The second-order valence-corrected chi connectivity index (χ2v) is 5.51. The summed E-state index contributed by atoms with van der Waals surface area (Å²) >= 11 is 0. The Balaban J connectivity index is 1.39. The molecule has 8 heteroatoms. The van der Waals surface area contributed by atoms with Gasteiger partial charge in [-0.15, -0.1) is 0 Å². The number of fused-ring (bicyclic) bond motifs is 1. The number of rotatable bonds is 3. The van der Waals surface area contributed by atoms with E-state index in [1.165, 1.54) is 0 Å². The number of benzene rings is 2. The average Bonchev–Trinajstić information content (AvgIpc) is 3.35. The number of nitrogens with one attached hydrogen (secondary N) is 3. The molecule has 2 amide bonds. The van der Waals surface area contributed by atoms with Crippen molar-refractivity contribution in [3.05, 3.63) is 65.9 Å². The van der Waals surface area contributed by atoms with Crippen molar-refractivity contribution in [3.63, 3.8) is 0 Å². The molecule has 4 rings (SSSR count). The van der Waals surface area contributed by atoms with Gasteiger partial charge in [0.25, 0.3) is 11.8 Å². The summed E-state index contributed by atoms with van der Waals surface area (Å²) in [5, 5.41) is 6.75. The van der Waals surface area contributed by atoms with Crippen LogP contribution < -0.4 is 20.3 Å². The molecule has 0 aliphatic carbocycles. The van der Waals surface area contributed by atoms with Crippen LogP contribution in [0.25, 0.3) is 11.3 Å². The van der Waals surface area contributed by atoms with Gasteiger partial charge in [-0.2, -0.15) is 5.10 Å². The van der Waals surface area contributed by atoms with Crippen molar-refractivity contribution in [1.29, 1.82) is 0 Å². The molecule has 1 aromatic heterocycles. The first-order valence-electron chi connectivity index (χ1n) is 7.82. The van der Waals surface area contributed by atoms with Crippen LogP contribution in [0.1, 0.15) is 20.8 Å². The van der Waals surface area contributed by atoms with Crippen LogP contribution in [0.2, 0.25) is 0 Å². The number of carbonyl (C=O) groups excluding carboxylic acids is 2. The number of hydrogen-bond donors (Lipinski definition) is 3. The Kier molecular flexibility index (Phi) is 3.98. The summed E-state index contributed by atoms with van der Waals surface area (Å²) in [6, 6.07) is 15.8. The monoisotopic (exact) mass is 350 g/mol. The zero-order valence-electron chi connectivity index (χ0n) is 13.5. The first-order valence-corrected chi connectivity index (χ1v) is 7.82. The van der Waals surface area contributed by atoms with Crippen molar-refractivity contribution >= 4 is 11.8 Å². The lowest BCUT2D eigenvalue weighted by molar-refractivity contribution is 0.0844. The van der Waals surface area contributed by atoms with Crippen molar-refractivity contribution in [2.24, 2.45) is 0 Å². The molecule has 0 unspecified atom stereocenters. The molecule has 2 heterocycles. The minimum atomic E-state index is -0.506. The van der Waals surface area contributed by atoms with Crippen LogP contribution in [0.4, 0.5) is 0 Å². The van der Waals surface area contributed by atoms with E-state index >= 15 is 0 Å². The zero-order valence-corrected chi connectivity index (χ0v) is 13.5. The second kappa shape index (κ2) is 6.60. The molecule has 1 aliphatic heterocycles. The normalized spacial score (nSPS) is 11.8. The smallest absolute Gasteiger partial charge is 0.287 e. The van der Waals surface area contributed by atoms with E-state index in [4.69, 9.17) is 9.47 Å². The van der Waals surface area contributed by atoms with Gasteiger partial charge in [-0.05, 0) is 24.3 Å². The van der Waals surface area contributed by atoms with Gasteiger partial charge in [0, 0.05) is 11.1 Å². The molecule has 26 heavy (non-hydrogen) atoms. The Morgan fingerprint density at radius 2 is 1.69 bits per heavy atom. The lowest BCUT2D eigenvalue weighted by Crippen LogP contribution is -2.41. The molecule has 0 saturated carbocycles. The number of hydrazine groups is 1. The molecular weight excluding hydrogens is 336 g/mol. The quantitative estimate of drug-likeness (QED) is 0.626. The largest absolute Gasteiger partial charge is 0.454 e. The number of amides is 2. The van der Waals surface area contributed by atoms with Crippen LogP contribution in [0.3, 0.4) is 0 Å². The van der Waals surface area contributed by atoms with Crippen LogP contribution in [-0.4, -0.2) is 28.8 Å². The number of hydrogen-bond acceptors (Lipinski definition) is 5. The van der Waals surface area contributed by atoms with E-state index in [1.54, 1.807) is 24.3 Å². The van der Waals surface area contributed by atoms with E-state index in [0.717, 1.165) is 5.56 Å². The summed E-state index contributed by atoms with van der Waals surface area (Å²) in [7, 11) is 0. The summed E-state index contributed by atoms with van der Waals surface area (Å²) in [6.07, 6.45) is 0. The Hall–Kier alpha value is -3.81. The van der Waals surface area contributed by atoms with Crippen LogP contribution in [-0.2, 0) is 0 Å². The molecule has 2 aromatic carbocycles. The maximum atomic E-state index is 12.2. The van der Waals surface area contributed by atoms with E-state index in [1.807, 2.05) is 30.3 Å². The summed E-state index contributed by atoms with van der Waals surface area (Å²) < 4.78 is 10.4. The lowest BCUT2D eigenvalue weighted by Gasteiger charge is -2.06. The molecule has 0 radical (unpaired) electrons. The van der Waals surface area contributed by atoms with Crippen molar-refractivity contribution in [2.75, 3.05) is 6.79 Å². The summed E-state index contributed by atoms with van der Waals surface area (Å²) in [6.45, 7) is 0.126. The third kappa shape index (κ3) is 3.07. The molecule has 3 N–H and O–H groups in total.